The first-order valence-corrected chi connectivity index (χ1v) is 7.93. The molecule has 2 aromatic rings. The summed E-state index contributed by atoms with van der Waals surface area (Å²) in [5, 5.41) is 10.9. The summed E-state index contributed by atoms with van der Waals surface area (Å²) >= 11 is 0. The predicted molar refractivity (Wildman–Crippen MR) is 91.0 cm³/mol. The van der Waals surface area contributed by atoms with Crippen molar-refractivity contribution in [3.63, 3.8) is 0 Å². The first-order valence-electron chi connectivity index (χ1n) is 7.93. The molecule has 1 unspecified atom stereocenters. The molecule has 2 N–H and O–H groups in total. The number of halogens is 1. The van der Waals surface area contributed by atoms with Gasteiger partial charge in [0, 0.05) is 23.5 Å². The predicted octanol–water partition coefficient (Wildman–Crippen LogP) is 2.21. The number of aliphatic carboxylic acids is 1. The molecule has 26 heavy (non-hydrogen) atoms. The molecule has 0 aliphatic carbocycles. The fourth-order valence-electron chi connectivity index (χ4n) is 2.09. The summed E-state index contributed by atoms with van der Waals surface area (Å²) < 4.78 is 23.8. The summed E-state index contributed by atoms with van der Waals surface area (Å²) in [4.78, 5) is 27.0. The molecule has 0 saturated carbocycles. The van der Waals surface area contributed by atoms with E-state index in [1.807, 2.05) is 6.07 Å². The van der Waals surface area contributed by atoms with Crippen molar-refractivity contribution in [1.29, 1.82) is 0 Å². The summed E-state index contributed by atoms with van der Waals surface area (Å²) in [5.74, 6) is -1.40. The number of nitrogens with zero attached hydrogens (tertiary/aromatic N) is 1. The third-order valence-corrected chi connectivity index (χ3v) is 3.38. The van der Waals surface area contributed by atoms with Gasteiger partial charge in [-0.25, -0.2) is 9.18 Å². The molecule has 0 spiro atoms. The monoisotopic (exact) mass is 362 g/mol. The molecule has 7 nitrogen and oxygen atoms in total. The Morgan fingerprint density at radius 1 is 1.27 bits per heavy atom. The standard InChI is InChI=1S/C18H19FN2O5/c1-2-25-16-8-13(17(22)21-14(9-19)18(23)24)5-6-15(16)26-11-12-4-3-7-20-10-12/h3-8,10,14H,2,9,11H2,1H3,(H,21,22)(H,23,24). The van der Waals surface area contributed by atoms with Gasteiger partial charge in [0.2, 0.25) is 0 Å². The van der Waals surface area contributed by atoms with Crippen molar-refractivity contribution >= 4 is 11.9 Å². The minimum absolute atomic E-state index is 0.141. The number of pyridine rings is 1. The van der Waals surface area contributed by atoms with Crippen molar-refractivity contribution in [3.8, 4) is 11.5 Å². The van der Waals surface area contributed by atoms with Crippen LogP contribution in [0.4, 0.5) is 4.39 Å². The minimum atomic E-state index is -1.60. The lowest BCUT2D eigenvalue weighted by Crippen LogP contribution is -2.42. The molecule has 1 aromatic heterocycles. The third kappa shape index (κ3) is 5.17. The number of ether oxygens (including phenoxy) is 2. The van der Waals surface area contributed by atoms with Gasteiger partial charge < -0.3 is 19.9 Å². The van der Waals surface area contributed by atoms with Crippen LogP contribution in [-0.4, -0.2) is 41.3 Å². The second-order valence-electron chi connectivity index (χ2n) is 5.26. The van der Waals surface area contributed by atoms with Gasteiger partial charge in [0.1, 0.15) is 13.3 Å². The van der Waals surface area contributed by atoms with Crippen LogP contribution in [0.15, 0.2) is 42.7 Å². The highest BCUT2D eigenvalue weighted by atomic mass is 19.1. The SMILES string of the molecule is CCOc1cc(C(=O)NC(CF)C(=O)O)ccc1OCc1cccnc1. The Kier molecular flexibility index (Phi) is 6.90. The van der Waals surface area contributed by atoms with E-state index < -0.39 is 24.6 Å². The second-order valence-corrected chi connectivity index (χ2v) is 5.26. The first kappa shape index (κ1) is 19.2. The molecule has 0 radical (unpaired) electrons. The molecule has 8 heteroatoms. The van der Waals surface area contributed by atoms with Gasteiger partial charge in [0.25, 0.3) is 5.91 Å². The first-order chi connectivity index (χ1) is 12.5. The molecule has 0 aliphatic heterocycles. The number of carbonyl (C=O) groups excluding carboxylic acids is 1. The number of amides is 1. The molecule has 1 aromatic carbocycles. The maximum Gasteiger partial charge on any atom is 0.328 e. The molecular weight excluding hydrogens is 343 g/mol. The fourth-order valence-corrected chi connectivity index (χ4v) is 2.09. The van der Waals surface area contributed by atoms with Gasteiger partial charge in [-0.05, 0) is 31.2 Å². The van der Waals surface area contributed by atoms with Gasteiger partial charge in [-0.2, -0.15) is 0 Å². The summed E-state index contributed by atoms with van der Waals surface area (Å²) in [6.45, 7) is 1.19. The van der Waals surface area contributed by atoms with Crippen LogP contribution in [0.25, 0.3) is 0 Å². The normalized spacial score (nSPS) is 11.5. The highest BCUT2D eigenvalue weighted by molar-refractivity contribution is 5.97. The second kappa shape index (κ2) is 9.36. The molecule has 2 rings (SSSR count). The van der Waals surface area contributed by atoms with Gasteiger partial charge in [-0.1, -0.05) is 6.07 Å². The topological polar surface area (TPSA) is 97.8 Å². The summed E-state index contributed by atoms with van der Waals surface area (Å²) in [6, 6.07) is 6.47. The van der Waals surface area contributed by atoms with Crippen LogP contribution in [0.5, 0.6) is 11.5 Å². The Balaban J connectivity index is 2.14. The number of aromatic nitrogens is 1. The summed E-state index contributed by atoms with van der Waals surface area (Å²) in [7, 11) is 0. The van der Waals surface area contributed by atoms with Gasteiger partial charge in [-0.3, -0.25) is 9.78 Å². The van der Waals surface area contributed by atoms with E-state index in [0.717, 1.165) is 5.56 Å². The van der Waals surface area contributed by atoms with E-state index in [1.54, 1.807) is 31.5 Å². The van der Waals surface area contributed by atoms with Crippen LogP contribution < -0.4 is 14.8 Å². The molecular formula is C18H19FN2O5. The number of benzene rings is 1. The zero-order chi connectivity index (χ0) is 18.9. The number of hydrogen-bond acceptors (Lipinski definition) is 5. The number of carbonyl (C=O) groups is 2. The van der Waals surface area contributed by atoms with Crippen molar-refractivity contribution in [2.75, 3.05) is 13.3 Å². The van der Waals surface area contributed by atoms with E-state index in [2.05, 4.69) is 10.3 Å². The molecule has 138 valence electrons. The Bertz CT molecular complexity index is 755. The largest absolute Gasteiger partial charge is 0.490 e. The van der Waals surface area contributed by atoms with Crippen molar-refractivity contribution in [1.82, 2.24) is 10.3 Å². The van der Waals surface area contributed by atoms with Gasteiger partial charge in [0.05, 0.1) is 6.61 Å². The Morgan fingerprint density at radius 2 is 2.08 bits per heavy atom. The number of alkyl halides is 1. The van der Waals surface area contributed by atoms with E-state index in [1.165, 1.54) is 12.1 Å². The van der Waals surface area contributed by atoms with Crippen LogP contribution in [0, 0.1) is 0 Å². The Hall–Kier alpha value is -3.16. The molecule has 0 saturated heterocycles. The summed E-state index contributed by atoms with van der Waals surface area (Å²) in [5.41, 5.74) is 1.01. The maximum atomic E-state index is 12.7. The lowest BCUT2D eigenvalue weighted by Gasteiger charge is -2.14. The van der Waals surface area contributed by atoms with Crippen molar-refractivity contribution in [2.45, 2.75) is 19.6 Å². The highest BCUT2D eigenvalue weighted by Gasteiger charge is 2.21. The number of carboxylic acids is 1. The van der Waals surface area contributed by atoms with Gasteiger partial charge >= 0.3 is 5.97 Å². The van der Waals surface area contributed by atoms with Gasteiger partial charge in [0.15, 0.2) is 17.5 Å². The van der Waals surface area contributed by atoms with Crippen LogP contribution in [0.3, 0.4) is 0 Å². The van der Waals surface area contributed by atoms with E-state index in [4.69, 9.17) is 14.6 Å². The van der Waals surface area contributed by atoms with Gasteiger partial charge in [-0.15, -0.1) is 0 Å². The Morgan fingerprint density at radius 3 is 2.69 bits per heavy atom. The van der Waals surface area contributed by atoms with Crippen LogP contribution >= 0.6 is 0 Å². The van der Waals surface area contributed by atoms with Crippen molar-refractivity contribution in [2.24, 2.45) is 0 Å². The molecule has 1 atom stereocenters. The molecule has 0 aliphatic rings. The van der Waals surface area contributed by atoms with E-state index in [0.29, 0.717) is 18.1 Å². The summed E-state index contributed by atoms with van der Waals surface area (Å²) in [6.07, 6.45) is 3.33. The number of hydrogen-bond donors (Lipinski definition) is 2. The average molecular weight is 362 g/mol. The molecule has 0 fully saturated rings. The van der Waals surface area contributed by atoms with Crippen molar-refractivity contribution < 1.29 is 28.6 Å². The van der Waals surface area contributed by atoms with E-state index in [-0.39, 0.29) is 12.2 Å². The average Bonchev–Trinajstić information content (AvgIpc) is 2.65. The maximum absolute atomic E-state index is 12.7. The number of carboxylic acid groups (broad SMARTS) is 1. The number of rotatable bonds is 9. The number of nitrogens with one attached hydrogen (secondary N) is 1. The van der Waals surface area contributed by atoms with E-state index in [9.17, 15) is 14.0 Å². The fraction of sp³-hybridized carbons (Fsp3) is 0.278. The quantitative estimate of drug-likeness (QED) is 0.710. The van der Waals surface area contributed by atoms with Crippen LogP contribution in [0.2, 0.25) is 0 Å². The zero-order valence-electron chi connectivity index (χ0n) is 14.1. The highest BCUT2D eigenvalue weighted by Crippen LogP contribution is 2.29. The lowest BCUT2D eigenvalue weighted by atomic mass is 10.1. The van der Waals surface area contributed by atoms with Crippen molar-refractivity contribution in [3.05, 3.63) is 53.9 Å². The van der Waals surface area contributed by atoms with E-state index >= 15 is 0 Å². The smallest absolute Gasteiger partial charge is 0.328 e. The molecule has 0 bridgehead atoms. The van der Waals surface area contributed by atoms with Crippen LogP contribution in [-0.2, 0) is 11.4 Å². The third-order valence-electron chi connectivity index (χ3n) is 3.38. The van der Waals surface area contributed by atoms with Crippen LogP contribution in [0.1, 0.15) is 22.8 Å². The molecule has 1 amide bonds. The zero-order valence-corrected chi connectivity index (χ0v) is 14.1. The Labute approximate surface area is 149 Å². The lowest BCUT2D eigenvalue weighted by molar-refractivity contribution is -0.139. The minimum Gasteiger partial charge on any atom is -0.490 e. The molecule has 1 heterocycles.